The molecular weight excluding hydrogens is 132 g/mol. The van der Waals surface area contributed by atoms with Crippen LogP contribution in [-0.2, 0) is 0 Å². The number of allylic oxidation sites excluding steroid dienone is 1. The van der Waals surface area contributed by atoms with E-state index in [0.29, 0.717) is 0 Å². The molecule has 1 aromatic rings. The fraction of sp³-hybridized carbons (Fsp3) is 0.0909. The van der Waals surface area contributed by atoms with Crippen molar-refractivity contribution in [2.45, 2.75) is 6.42 Å². The standard InChI is InChI=1S/C11H8/c1-7-5-6-8-9-3-2-4-10(8)11(7)9/h2-4,6H,1,5H2. The molecule has 0 atom stereocenters. The maximum atomic E-state index is 4.04. The fourth-order valence-electron chi connectivity index (χ4n) is 2.01. The van der Waals surface area contributed by atoms with Gasteiger partial charge in [-0.3, -0.25) is 0 Å². The van der Waals surface area contributed by atoms with Crippen molar-refractivity contribution in [3.05, 3.63) is 46.4 Å². The van der Waals surface area contributed by atoms with Gasteiger partial charge in [-0.2, -0.15) is 0 Å². The van der Waals surface area contributed by atoms with Gasteiger partial charge in [-0.05, 0) is 33.6 Å². The summed E-state index contributed by atoms with van der Waals surface area (Å²) in [7, 11) is 0. The lowest BCUT2D eigenvalue weighted by Crippen LogP contribution is -2.43. The lowest BCUT2D eigenvalue weighted by atomic mass is 9.79. The smallest absolute Gasteiger partial charge is 0.00698 e. The Morgan fingerprint density at radius 1 is 1.27 bits per heavy atom. The minimum Gasteiger partial charge on any atom is -0.0949 e. The molecule has 0 N–H and O–H groups in total. The van der Waals surface area contributed by atoms with Crippen molar-refractivity contribution in [3.63, 3.8) is 0 Å². The molecule has 3 aliphatic rings. The van der Waals surface area contributed by atoms with Gasteiger partial charge in [-0.1, -0.05) is 30.9 Å². The molecule has 11 heavy (non-hydrogen) atoms. The number of hydrogen-bond donors (Lipinski definition) is 0. The van der Waals surface area contributed by atoms with E-state index >= 15 is 0 Å². The third-order valence-electron chi connectivity index (χ3n) is 2.55. The van der Waals surface area contributed by atoms with Gasteiger partial charge in [-0.15, -0.1) is 0 Å². The second-order valence-corrected chi connectivity index (χ2v) is 3.15. The van der Waals surface area contributed by atoms with Crippen LogP contribution in [0.3, 0.4) is 0 Å². The normalized spacial score (nSPS) is 17.5. The first-order valence-electron chi connectivity index (χ1n) is 3.90. The van der Waals surface area contributed by atoms with Crippen LogP contribution in [0.1, 0.15) is 12.0 Å². The van der Waals surface area contributed by atoms with E-state index < -0.39 is 0 Å². The minimum absolute atomic E-state index is 1.05. The molecule has 0 fully saturated rings. The summed E-state index contributed by atoms with van der Waals surface area (Å²) in [6.45, 7) is 4.04. The summed E-state index contributed by atoms with van der Waals surface area (Å²) >= 11 is 0. The topological polar surface area (TPSA) is 0 Å². The summed E-state index contributed by atoms with van der Waals surface area (Å²) in [5, 5.41) is 2.87. The first-order chi connectivity index (χ1) is 5.38. The van der Waals surface area contributed by atoms with Gasteiger partial charge in [0, 0.05) is 0 Å². The van der Waals surface area contributed by atoms with Crippen molar-refractivity contribution in [1.29, 1.82) is 0 Å². The predicted molar refractivity (Wildman–Crippen MR) is 46.4 cm³/mol. The molecular formula is C11H8. The molecule has 0 aromatic heterocycles. The zero-order chi connectivity index (χ0) is 7.42. The highest BCUT2D eigenvalue weighted by Gasteiger charge is 2.20. The minimum atomic E-state index is 1.05. The van der Waals surface area contributed by atoms with Gasteiger partial charge in [0.15, 0.2) is 0 Å². The van der Waals surface area contributed by atoms with E-state index in [1.54, 1.807) is 0 Å². The molecule has 0 heterocycles. The molecule has 4 rings (SSSR count). The molecule has 0 radical (unpaired) electrons. The van der Waals surface area contributed by atoms with E-state index in [1.165, 1.54) is 27.1 Å². The predicted octanol–water partition coefficient (Wildman–Crippen LogP) is 0.939. The first kappa shape index (κ1) is 5.36. The lowest BCUT2D eigenvalue weighted by Gasteiger charge is -2.24. The highest BCUT2D eigenvalue weighted by molar-refractivity contribution is 5.88. The van der Waals surface area contributed by atoms with Gasteiger partial charge in [0.2, 0.25) is 0 Å². The van der Waals surface area contributed by atoms with Gasteiger partial charge in [0.1, 0.15) is 0 Å². The van der Waals surface area contributed by atoms with Crippen LogP contribution in [-0.4, -0.2) is 0 Å². The van der Waals surface area contributed by atoms with Crippen LogP contribution in [0.2, 0.25) is 0 Å². The first-order valence-corrected chi connectivity index (χ1v) is 3.90. The zero-order valence-electron chi connectivity index (χ0n) is 6.22. The average Bonchev–Trinajstić information content (AvgIpc) is 2.06. The lowest BCUT2D eigenvalue weighted by molar-refractivity contribution is 1.21. The van der Waals surface area contributed by atoms with Gasteiger partial charge >= 0.3 is 0 Å². The number of fused-ring (bicyclic) bond motifs is 2. The molecule has 0 heteroatoms. The molecule has 0 amide bonds. The van der Waals surface area contributed by atoms with Crippen LogP contribution in [0.4, 0.5) is 0 Å². The fourth-order valence-corrected chi connectivity index (χ4v) is 2.01. The van der Waals surface area contributed by atoms with E-state index in [4.69, 9.17) is 0 Å². The molecule has 0 unspecified atom stereocenters. The van der Waals surface area contributed by atoms with Crippen LogP contribution >= 0.6 is 0 Å². The Kier molecular flexibility index (Phi) is 0.719. The van der Waals surface area contributed by atoms with Crippen molar-refractivity contribution < 1.29 is 0 Å². The summed E-state index contributed by atoms with van der Waals surface area (Å²) in [4.78, 5) is 0. The maximum absolute atomic E-state index is 4.04. The molecule has 0 nitrogen and oxygen atoms in total. The Morgan fingerprint density at radius 2 is 2.18 bits per heavy atom. The van der Waals surface area contributed by atoms with Crippen molar-refractivity contribution in [2.75, 3.05) is 0 Å². The molecule has 1 aromatic carbocycles. The maximum Gasteiger partial charge on any atom is -0.00698 e. The second kappa shape index (κ2) is 1.48. The highest BCUT2D eigenvalue weighted by atomic mass is 14.2. The summed E-state index contributed by atoms with van der Waals surface area (Å²) in [6, 6.07) is 6.47. The van der Waals surface area contributed by atoms with E-state index in [-0.39, 0.29) is 0 Å². The van der Waals surface area contributed by atoms with Crippen molar-refractivity contribution in [1.82, 2.24) is 0 Å². The number of benzene rings is 1. The van der Waals surface area contributed by atoms with Gasteiger partial charge in [0.25, 0.3) is 0 Å². The van der Waals surface area contributed by atoms with Crippen LogP contribution in [0.5, 0.6) is 0 Å². The molecule has 0 aliphatic heterocycles. The van der Waals surface area contributed by atoms with Gasteiger partial charge < -0.3 is 0 Å². The van der Waals surface area contributed by atoms with E-state index in [1.807, 2.05) is 0 Å². The Labute approximate surface area is 65.2 Å². The molecule has 0 saturated carbocycles. The second-order valence-electron chi connectivity index (χ2n) is 3.15. The monoisotopic (exact) mass is 140 g/mol. The van der Waals surface area contributed by atoms with E-state index in [9.17, 15) is 0 Å². The molecule has 52 valence electrons. The summed E-state index contributed by atoms with van der Waals surface area (Å²) in [5.74, 6) is 0. The summed E-state index contributed by atoms with van der Waals surface area (Å²) < 4.78 is 0. The molecule has 4 bridgehead atoms. The number of hydrogen-bond acceptors (Lipinski definition) is 0. The third-order valence-corrected chi connectivity index (χ3v) is 2.55. The number of rotatable bonds is 0. The quantitative estimate of drug-likeness (QED) is 0.503. The molecule has 3 aliphatic carbocycles. The Hall–Kier alpha value is -1.30. The van der Waals surface area contributed by atoms with Crippen molar-refractivity contribution in [3.8, 4) is 0 Å². The van der Waals surface area contributed by atoms with Crippen LogP contribution in [0.15, 0.2) is 30.4 Å². The summed E-state index contributed by atoms with van der Waals surface area (Å²) in [6.07, 6.45) is 3.33. The zero-order valence-corrected chi connectivity index (χ0v) is 6.22. The SMILES string of the molecule is C=C1CC=C2c3cccc2c31. The largest absolute Gasteiger partial charge is 0.0949 e. The Balaban J connectivity index is 2.64. The van der Waals surface area contributed by atoms with E-state index in [2.05, 4.69) is 30.9 Å². The van der Waals surface area contributed by atoms with Crippen LogP contribution in [0, 0.1) is 0 Å². The molecule has 0 saturated heterocycles. The van der Waals surface area contributed by atoms with Crippen LogP contribution < -0.4 is 10.4 Å². The van der Waals surface area contributed by atoms with Gasteiger partial charge in [0.05, 0.1) is 0 Å². The van der Waals surface area contributed by atoms with Gasteiger partial charge in [-0.25, -0.2) is 0 Å². The third kappa shape index (κ3) is 0.443. The Morgan fingerprint density at radius 3 is 2.73 bits per heavy atom. The van der Waals surface area contributed by atoms with Crippen molar-refractivity contribution >= 4 is 11.6 Å². The molecule has 0 spiro atoms. The van der Waals surface area contributed by atoms with E-state index in [0.717, 1.165) is 6.42 Å². The Bertz CT molecular complexity index is 475. The van der Waals surface area contributed by atoms with Crippen molar-refractivity contribution in [2.24, 2.45) is 0 Å². The summed E-state index contributed by atoms with van der Waals surface area (Å²) in [5.41, 5.74) is 4.12. The average molecular weight is 140 g/mol. The highest BCUT2D eigenvalue weighted by Crippen LogP contribution is 2.26. The van der Waals surface area contributed by atoms with Crippen LogP contribution in [0.25, 0.3) is 11.6 Å².